The highest BCUT2D eigenvalue weighted by molar-refractivity contribution is 4.95. The van der Waals surface area contributed by atoms with Crippen molar-refractivity contribution in [1.29, 1.82) is 0 Å². The van der Waals surface area contributed by atoms with Crippen molar-refractivity contribution in [2.75, 3.05) is 0 Å². The number of hydrogen-bond donors (Lipinski definition) is 2. The van der Waals surface area contributed by atoms with Crippen molar-refractivity contribution >= 4 is 0 Å². The topological polar surface area (TPSA) is 52.0 Å². The van der Waals surface area contributed by atoms with Crippen LogP contribution >= 0.6 is 0 Å². The number of rotatable bonds is 1. The Hall–Kier alpha value is -0.340. The molecule has 2 heteroatoms. The molecule has 2 aliphatic rings. The van der Waals surface area contributed by atoms with Gasteiger partial charge >= 0.3 is 0 Å². The van der Waals surface area contributed by atoms with Gasteiger partial charge in [0, 0.05) is 12.1 Å². The van der Waals surface area contributed by atoms with Crippen molar-refractivity contribution in [1.82, 2.24) is 0 Å². The van der Waals surface area contributed by atoms with Gasteiger partial charge in [-0.15, -0.1) is 0 Å². The molecule has 0 aromatic rings. The fraction of sp³-hybridized carbons (Fsp3) is 0.875. The summed E-state index contributed by atoms with van der Waals surface area (Å²) in [6.45, 7) is 6.13. The van der Waals surface area contributed by atoms with Crippen LogP contribution < -0.4 is 11.5 Å². The zero-order valence-electron chi connectivity index (χ0n) is 12.7. The zero-order chi connectivity index (χ0) is 13.8. The van der Waals surface area contributed by atoms with E-state index >= 15 is 0 Å². The highest BCUT2D eigenvalue weighted by atomic mass is 14.6. The minimum atomic E-state index is 0.355. The summed E-state index contributed by atoms with van der Waals surface area (Å²) >= 11 is 0. The van der Waals surface area contributed by atoms with Crippen molar-refractivity contribution in [3.05, 3.63) is 12.2 Å². The second-order valence-corrected chi connectivity index (χ2v) is 5.28. The lowest BCUT2D eigenvalue weighted by Gasteiger charge is -2.24. The first-order valence-corrected chi connectivity index (χ1v) is 7.88. The molecule has 0 bridgehead atoms. The van der Waals surface area contributed by atoms with Gasteiger partial charge in [0.1, 0.15) is 0 Å². The van der Waals surface area contributed by atoms with Crippen molar-refractivity contribution in [3.63, 3.8) is 0 Å². The third-order valence-electron chi connectivity index (χ3n) is 3.68. The van der Waals surface area contributed by atoms with Gasteiger partial charge in [0.25, 0.3) is 0 Å². The van der Waals surface area contributed by atoms with E-state index in [1.807, 2.05) is 13.8 Å². The lowest BCUT2D eigenvalue weighted by molar-refractivity contribution is 0.316. The van der Waals surface area contributed by atoms with Crippen LogP contribution in [-0.2, 0) is 0 Å². The summed E-state index contributed by atoms with van der Waals surface area (Å²) in [6, 6.07) is 0.791. The quantitative estimate of drug-likeness (QED) is 0.695. The molecule has 0 amide bonds. The standard InChI is InChI=1S/C8H17N.C6H11N.C2H6/c1-7(9)8-5-3-2-4-6-8;7-6-4-2-1-3-5-6;1-2/h7-8H,2-6,9H2,1H3;2,4,6H,1,3,5,7H2;1-2H3. The molecular weight excluding hydrogens is 220 g/mol. The summed E-state index contributed by atoms with van der Waals surface area (Å²) in [5.74, 6) is 0.832. The Kier molecular flexibility index (Phi) is 11.5. The molecule has 0 heterocycles. The molecule has 0 radical (unpaired) electrons. The maximum absolute atomic E-state index is 5.77. The number of hydrogen-bond acceptors (Lipinski definition) is 2. The zero-order valence-corrected chi connectivity index (χ0v) is 12.7. The fourth-order valence-corrected chi connectivity index (χ4v) is 2.50. The van der Waals surface area contributed by atoms with Crippen molar-refractivity contribution in [2.24, 2.45) is 17.4 Å². The molecule has 0 spiro atoms. The van der Waals surface area contributed by atoms with Gasteiger partial charge in [-0.3, -0.25) is 0 Å². The Morgan fingerprint density at radius 3 is 1.89 bits per heavy atom. The summed E-state index contributed by atoms with van der Waals surface area (Å²) in [7, 11) is 0. The molecule has 0 aliphatic heterocycles. The summed E-state index contributed by atoms with van der Waals surface area (Å²) in [5.41, 5.74) is 11.3. The molecule has 2 nitrogen and oxygen atoms in total. The Balaban J connectivity index is 0.000000289. The highest BCUT2D eigenvalue weighted by Gasteiger charge is 2.16. The predicted octanol–water partition coefficient (Wildman–Crippen LogP) is 3.99. The largest absolute Gasteiger partial charge is 0.328 e. The first-order chi connectivity index (χ1) is 8.70. The summed E-state index contributed by atoms with van der Waals surface area (Å²) in [6.07, 6.45) is 14.9. The molecule has 1 fully saturated rings. The van der Waals surface area contributed by atoms with Crippen LogP contribution in [0.1, 0.15) is 72.1 Å². The van der Waals surface area contributed by atoms with Crippen LogP contribution in [0.5, 0.6) is 0 Å². The molecule has 0 saturated heterocycles. The molecule has 0 aromatic heterocycles. The molecular formula is C16H34N2. The average molecular weight is 254 g/mol. The van der Waals surface area contributed by atoms with Crippen LogP contribution in [0.3, 0.4) is 0 Å². The molecule has 1 saturated carbocycles. The molecule has 108 valence electrons. The van der Waals surface area contributed by atoms with E-state index in [4.69, 9.17) is 11.5 Å². The van der Waals surface area contributed by atoms with Crippen LogP contribution in [0.25, 0.3) is 0 Å². The maximum Gasteiger partial charge on any atom is 0.0223 e. The third kappa shape index (κ3) is 8.71. The minimum absolute atomic E-state index is 0.355. The maximum atomic E-state index is 5.77. The first kappa shape index (κ1) is 17.7. The van der Waals surface area contributed by atoms with Gasteiger partial charge in [0.15, 0.2) is 0 Å². The second kappa shape index (κ2) is 11.7. The Labute approximate surface area is 114 Å². The van der Waals surface area contributed by atoms with Gasteiger partial charge in [0.05, 0.1) is 0 Å². The minimum Gasteiger partial charge on any atom is -0.328 e. The Bertz CT molecular complexity index is 193. The lowest BCUT2D eigenvalue weighted by Crippen LogP contribution is -2.27. The average Bonchev–Trinajstić information content (AvgIpc) is 2.43. The van der Waals surface area contributed by atoms with Gasteiger partial charge in [-0.2, -0.15) is 0 Å². The number of nitrogens with two attached hydrogens (primary N) is 2. The monoisotopic (exact) mass is 254 g/mol. The second-order valence-electron chi connectivity index (χ2n) is 5.28. The SMILES string of the molecule is CC.CC(N)C1CCCCC1.NC1C=CCCC1. The fourth-order valence-electron chi connectivity index (χ4n) is 2.50. The van der Waals surface area contributed by atoms with E-state index in [0.29, 0.717) is 12.1 Å². The van der Waals surface area contributed by atoms with Gasteiger partial charge < -0.3 is 11.5 Å². The van der Waals surface area contributed by atoms with E-state index in [-0.39, 0.29) is 0 Å². The summed E-state index contributed by atoms with van der Waals surface area (Å²) < 4.78 is 0. The Morgan fingerprint density at radius 1 is 1.00 bits per heavy atom. The molecule has 0 aromatic carbocycles. The predicted molar refractivity (Wildman–Crippen MR) is 82.5 cm³/mol. The van der Waals surface area contributed by atoms with E-state index in [1.165, 1.54) is 51.4 Å². The number of allylic oxidation sites excluding steroid dienone is 1. The molecule has 2 unspecified atom stereocenters. The van der Waals surface area contributed by atoms with E-state index in [0.717, 1.165) is 5.92 Å². The summed E-state index contributed by atoms with van der Waals surface area (Å²) in [4.78, 5) is 0. The van der Waals surface area contributed by atoms with Gasteiger partial charge in [0.2, 0.25) is 0 Å². The van der Waals surface area contributed by atoms with Crippen LogP contribution in [0.4, 0.5) is 0 Å². The van der Waals surface area contributed by atoms with Crippen molar-refractivity contribution in [3.8, 4) is 0 Å². The van der Waals surface area contributed by atoms with Crippen LogP contribution in [0.15, 0.2) is 12.2 Å². The normalized spacial score (nSPS) is 25.3. The van der Waals surface area contributed by atoms with E-state index in [9.17, 15) is 0 Å². The van der Waals surface area contributed by atoms with E-state index in [1.54, 1.807) is 0 Å². The van der Waals surface area contributed by atoms with E-state index < -0.39 is 0 Å². The Morgan fingerprint density at radius 2 is 1.61 bits per heavy atom. The highest BCUT2D eigenvalue weighted by Crippen LogP contribution is 2.25. The lowest BCUT2D eigenvalue weighted by atomic mass is 9.85. The molecule has 18 heavy (non-hydrogen) atoms. The van der Waals surface area contributed by atoms with Crippen molar-refractivity contribution in [2.45, 2.75) is 84.2 Å². The molecule has 2 aliphatic carbocycles. The molecule has 2 rings (SSSR count). The molecule has 2 atom stereocenters. The van der Waals surface area contributed by atoms with Crippen LogP contribution in [-0.4, -0.2) is 12.1 Å². The van der Waals surface area contributed by atoms with Gasteiger partial charge in [-0.1, -0.05) is 45.3 Å². The first-order valence-electron chi connectivity index (χ1n) is 7.88. The van der Waals surface area contributed by atoms with E-state index in [2.05, 4.69) is 19.1 Å². The van der Waals surface area contributed by atoms with Crippen LogP contribution in [0, 0.1) is 5.92 Å². The van der Waals surface area contributed by atoms with Gasteiger partial charge in [-0.25, -0.2) is 0 Å². The third-order valence-corrected chi connectivity index (χ3v) is 3.68. The smallest absolute Gasteiger partial charge is 0.0223 e. The van der Waals surface area contributed by atoms with Crippen molar-refractivity contribution < 1.29 is 0 Å². The van der Waals surface area contributed by atoms with Crippen LogP contribution in [0.2, 0.25) is 0 Å². The summed E-state index contributed by atoms with van der Waals surface area (Å²) in [5, 5.41) is 0. The molecule has 4 N–H and O–H groups in total. The van der Waals surface area contributed by atoms with Gasteiger partial charge in [-0.05, 0) is 44.9 Å².